The Morgan fingerprint density at radius 2 is 2.00 bits per heavy atom. The van der Waals surface area contributed by atoms with Gasteiger partial charge in [-0.2, -0.15) is 0 Å². The summed E-state index contributed by atoms with van der Waals surface area (Å²) in [4.78, 5) is 0. The minimum atomic E-state index is 0.594. The van der Waals surface area contributed by atoms with Gasteiger partial charge in [-0.1, -0.05) is 30.3 Å². The summed E-state index contributed by atoms with van der Waals surface area (Å²) in [6.07, 6.45) is 3.68. The van der Waals surface area contributed by atoms with Crippen molar-refractivity contribution in [3.8, 4) is 0 Å². The lowest BCUT2D eigenvalue weighted by Gasteiger charge is -2.27. The van der Waals surface area contributed by atoms with Gasteiger partial charge in [0.25, 0.3) is 0 Å². The molecule has 1 fully saturated rings. The minimum Gasteiger partial charge on any atom is -0.383 e. The van der Waals surface area contributed by atoms with Gasteiger partial charge in [0.1, 0.15) is 0 Å². The van der Waals surface area contributed by atoms with Crippen LogP contribution in [0.1, 0.15) is 30.7 Å². The molecule has 1 unspecified atom stereocenters. The van der Waals surface area contributed by atoms with Gasteiger partial charge in [-0.3, -0.25) is 0 Å². The second-order valence-corrected chi connectivity index (χ2v) is 5.60. The molecule has 1 aromatic rings. The summed E-state index contributed by atoms with van der Waals surface area (Å²) < 4.78 is 10.6. The second-order valence-electron chi connectivity index (χ2n) is 5.60. The summed E-state index contributed by atoms with van der Waals surface area (Å²) in [5, 5.41) is 3.52. The maximum absolute atomic E-state index is 5.47. The van der Waals surface area contributed by atoms with Crippen molar-refractivity contribution in [2.24, 2.45) is 5.92 Å². The second kappa shape index (κ2) is 9.11. The van der Waals surface area contributed by atoms with E-state index in [0.717, 1.165) is 38.8 Å². The molecule has 0 radical (unpaired) electrons. The Bertz CT molecular complexity index is 349. The Morgan fingerprint density at radius 1 is 1.25 bits per heavy atom. The van der Waals surface area contributed by atoms with Crippen molar-refractivity contribution in [3.63, 3.8) is 0 Å². The zero-order chi connectivity index (χ0) is 14.0. The molecule has 1 aliphatic heterocycles. The van der Waals surface area contributed by atoms with Crippen molar-refractivity contribution in [1.82, 2.24) is 5.32 Å². The smallest absolute Gasteiger partial charge is 0.0587 e. The van der Waals surface area contributed by atoms with Crippen molar-refractivity contribution >= 4 is 0 Å². The molecule has 1 atom stereocenters. The Kier molecular flexibility index (Phi) is 7.06. The molecule has 0 bridgehead atoms. The lowest BCUT2D eigenvalue weighted by Crippen LogP contribution is -2.27. The largest absolute Gasteiger partial charge is 0.383 e. The standard InChI is InChI=1S/C17H27NO2/c1-19-12-9-18-14-17(16-5-3-2-4-6-16)13-15-7-10-20-11-8-15/h2-6,15,17-18H,7-14H2,1H3. The zero-order valence-corrected chi connectivity index (χ0v) is 12.5. The zero-order valence-electron chi connectivity index (χ0n) is 12.5. The normalized spacial score (nSPS) is 18.1. The van der Waals surface area contributed by atoms with Gasteiger partial charge in [0.15, 0.2) is 0 Å². The van der Waals surface area contributed by atoms with E-state index >= 15 is 0 Å². The monoisotopic (exact) mass is 277 g/mol. The summed E-state index contributed by atoms with van der Waals surface area (Å²) >= 11 is 0. The number of hydrogen-bond donors (Lipinski definition) is 1. The lowest BCUT2D eigenvalue weighted by molar-refractivity contribution is 0.0616. The van der Waals surface area contributed by atoms with E-state index in [4.69, 9.17) is 9.47 Å². The van der Waals surface area contributed by atoms with Gasteiger partial charge in [-0.15, -0.1) is 0 Å². The third-order valence-corrected chi connectivity index (χ3v) is 4.10. The van der Waals surface area contributed by atoms with Crippen LogP contribution in [0.2, 0.25) is 0 Å². The first-order valence-electron chi connectivity index (χ1n) is 7.72. The molecule has 0 saturated carbocycles. The van der Waals surface area contributed by atoms with Crippen LogP contribution in [0.25, 0.3) is 0 Å². The van der Waals surface area contributed by atoms with Gasteiger partial charge < -0.3 is 14.8 Å². The number of ether oxygens (including phenoxy) is 2. The summed E-state index contributed by atoms with van der Waals surface area (Å²) in [5.74, 6) is 1.40. The van der Waals surface area contributed by atoms with E-state index in [1.165, 1.54) is 24.8 Å². The average Bonchev–Trinajstić information content (AvgIpc) is 2.52. The minimum absolute atomic E-state index is 0.594. The lowest BCUT2D eigenvalue weighted by atomic mass is 9.85. The van der Waals surface area contributed by atoms with E-state index in [2.05, 4.69) is 35.6 Å². The van der Waals surface area contributed by atoms with Crippen LogP contribution in [0.4, 0.5) is 0 Å². The van der Waals surface area contributed by atoms with Crippen LogP contribution in [0.5, 0.6) is 0 Å². The Labute approximate surface area is 122 Å². The van der Waals surface area contributed by atoms with Gasteiger partial charge >= 0.3 is 0 Å². The number of rotatable bonds is 8. The Morgan fingerprint density at radius 3 is 2.70 bits per heavy atom. The molecule has 1 saturated heterocycles. The molecule has 1 heterocycles. The van der Waals surface area contributed by atoms with E-state index in [0.29, 0.717) is 5.92 Å². The summed E-state index contributed by atoms with van der Waals surface area (Å²) in [7, 11) is 1.75. The maximum Gasteiger partial charge on any atom is 0.0587 e. The molecule has 20 heavy (non-hydrogen) atoms. The molecule has 3 nitrogen and oxygen atoms in total. The van der Waals surface area contributed by atoms with E-state index in [9.17, 15) is 0 Å². The van der Waals surface area contributed by atoms with E-state index in [1.807, 2.05) is 0 Å². The van der Waals surface area contributed by atoms with Crippen molar-refractivity contribution in [2.75, 3.05) is 40.0 Å². The van der Waals surface area contributed by atoms with Crippen LogP contribution in [0.15, 0.2) is 30.3 Å². The van der Waals surface area contributed by atoms with Gasteiger partial charge in [-0.25, -0.2) is 0 Å². The molecule has 0 aromatic heterocycles. The molecule has 2 rings (SSSR count). The molecule has 1 aromatic carbocycles. The van der Waals surface area contributed by atoms with Crippen molar-refractivity contribution in [3.05, 3.63) is 35.9 Å². The SMILES string of the molecule is COCCNCC(CC1CCOCC1)c1ccccc1. The van der Waals surface area contributed by atoms with Crippen LogP contribution in [-0.4, -0.2) is 40.0 Å². The molecule has 0 spiro atoms. The predicted octanol–water partition coefficient (Wildman–Crippen LogP) is 2.82. The van der Waals surface area contributed by atoms with Gasteiger partial charge in [-0.05, 0) is 36.7 Å². The summed E-state index contributed by atoms with van der Waals surface area (Å²) in [5.41, 5.74) is 1.45. The van der Waals surface area contributed by atoms with Gasteiger partial charge in [0, 0.05) is 33.4 Å². The number of nitrogens with one attached hydrogen (secondary N) is 1. The number of benzene rings is 1. The fraction of sp³-hybridized carbons (Fsp3) is 0.647. The summed E-state index contributed by atoms with van der Waals surface area (Å²) in [6, 6.07) is 10.9. The third kappa shape index (κ3) is 5.23. The average molecular weight is 277 g/mol. The van der Waals surface area contributed by atoms with Crippen LogP contribution < -0.4 is 5.32 Å². The molecule has 1 N–H and O–H groups in total. The molecular weight excluding hydrogens is 250 g/mol. The summed E-state index contributed by atoms with van der Waals surface area (Å²) in [6.45, 7) is 4.60. The molecule has 0 amide bonds. The fourth-order valence-corrected chi connectivity index (χ4v) is 2.90. The number of methoxy groups -OCH3 is 1. The van der Waals surface area contributed by atoms with Gasteiger partial charge in [0.2, 0.25) is 0 Å². The highest BCUT2D eigenvalue weighted by molar-refractivity contribution is 5.20. The highest BCUT2D eigenvalue weighted by Crippen LogP contribution is 2.28. The predicted molar refractivity (Wildman–Crippen MR) is 82.1 cm³/mol. The van der Waals surface area contributed by atoms with Crippen LogP contribution in [-0.2, 0) is 9.47 Å². The Hall–Kier alpha value is -0.900. The highest BCUT2D eigenvalue weighted by Gasteiger charge is 2.20. The third-order valence-electron chi connectivity index (χ3n) is 4.10. The van der Waals surface area contributed by atoms with Crippen molar-refractivity contribution in [1.29, 1.82) is 0 Å². The number of hydrogen-bond acceptors (Lipinski definition) is 3. The van der Waals surface area contributed by atoms with Crippen LogP contribution in [0, 0.1) is 5.92 Å². The quantitative estimate of drug-likeness (QED) is 0.741. The maximum atomic E-state index is 5.47. The van der Waals surface area contributed by atoms with E-state index in [1.54, 1.807) is 7.11 Å². The first kappa shape index (κ1) is 15.5. The van der Waals surface area contributed by atoms with Crippen molar-refractivity contribution in [2.45, 2.75) is 25.2 Å². The topological polar surface area (TPSA) is 30.5 Å². The van der Waals surface area contributed by atoms with E-state index in [-0.39, 0.29) is 0 Å². The fourth-order valence-electron chi connectivity index (χ4n) is 2.90. The molecule has 0 aliphatic carbocycles. The van der Waals surface area contributed by atoms with Crippen molar-refractivity contribution < 1.29 is 9.47 Å². The first-order chi connectivity index (χ1) is 9.90. The highest BCUT2D eigenvalue weighted by atomic mass is 16.5. The molecule has 3 heteroatoms. The molecule has 1 aliphatic rings. The Balaban J connectivity index is 1.89. The van der Waals surface area contributed by atoms with E-state index < -0.39 is 0 Å². The van der Waals surface area contributed by atoms with Crippen LogP contribution in [0.3, 0.4) is 0 Å². The molecular formula is C17H27NO2. The molecule has 112 valence electrons. The van der Waals surface area contributed by atoms with Crippen LogP contribution >= 0.6 is 0 Å². The van der Waals surface area contributed by atoms with Gasteiger partial charge in [0.05, 0.1) is 6.61 Å². The first-order valence-corrected chi connectivity index (χ1v) is 7.72.